The number of hydrogen-bond donors (Lipinski definition) is 0. The molecule has 0 aromatic rings. The van der Waals surface area contributed by atoms with Gasteiger partial charge >= 0.3 is 0 Å². The van der Waals surface area contributed by atoms with Crippen molar-refractivity contribution in [3.63, 3.8) is 0 Å². The largest absolute Gasteiger partial charge is 0.413 e. The smallest absolute Gasteiger partial charge is 0.267 e. The van der Waals surface area contributed by atoms with Crippen molar-refractivity contribution < 1.29 is 30.6 Å². The molecule has 35 heavy (non-hydrogen) atoms. The molecule has 0 spiro atoms. The Balaban J connectivity index is 3.53. The van der Waals surface area contributed by atoms with E-state index in [9.17, 15) is 8.42 Å². The molecular formula is C24H50ClFO6SSi2. The molecule has 1 saturated heterocycles. The van der Waals surface area contributed by atoms with Crippen LogP contribution in [0.25, 0.3) is 0 Å². The zero-order chi connectivity index (χ0) is 27.7. The molecule has 0 radical (unpaired) electrons. The molecule has 11 heteroatoms. The molecule has 1 rings (SSSR count). The average molecular weight is 577 g/mol. The van der Waals surface area contributed by atoms with E-state index < -0.39 is 50.4 Å². The van der Waals surface area contributed by atoms with Crippen LogP contribution in [0.15, 0.2) is 0 Å². The van der Waals surface area contributed by atoms with E-state index in [-0.39, 0.29) is 23.2 Å². The summed E-state index contributed by atoms with van der Waals surface area (Å²) in [6.45, 7) is 25.7. The van der Waals surface area contributed by atoms with E-state index in [0.717, 1.165) is 6.26 Å². The Morgan fingerprint density at radius 1 is 0.829 bits per heavy atom. The van der Waals surface area contributed by atoms with Crippen molar-refractivity contribution in [1.29, 1.82) is 0 Å². The summed E-state index contributed by atoms with van der Waals surface area (Å²) in [5, 5.41) is -2.69. The minimum atomic E-state index is -4.03. The second-order valence-corrected chi connectivity index (χ2v) is 25.0. The van der Waals surface area contributed by atoms with E-state index in [4.69, 9.17) is 29.4 Å². The van der Waals surface area contributed by atoms with Crippen LogP contribution in [-0.2, 0) is 27.9 Å². The van der Waals surface area contributed by atoms with Crippen LogP contribution in [-0.4, -0.2) is 61.5 Å². The van der Waals surface area contributed by atoms with Crippen LogP contribution in [0, 0.1) is 0 Å². The second-order valence-electron chi connectivity index (χ2n) is 12.0. The number of halogens is 2. The third-order valence-electron chi connectivity index (χ3n) is 7.83. The fourth-order valence-electron chi connectivity index (χ4n) is 6.58. The molecule has 0 N–H and O–H groups in total. The van der Waals surface area contributed by atoms with Crippen LogP contribution in [0.3, 0.4) is 0 Å². The van der Waals surface area contributed by atoms with E-state index in [1.165, 1.54) is 0 Å². The van der Waals surface area contributed by atoms with Gasteiger partial charge in [-0.3, -0.25) is 0 Å². The van der Waals surface area contributed by atoms with Crippen molar-refractivity contribution in [1.82, 2.24) is 0 Å². The third kappa shape index (κ3) is 6.91. The van der Waals surface area contributed by atoms with Gasteiger partial charge in [-0.15, -0.1) is 0 Å². The summed E-state index contributed by atoms with van der Waals surface area (Å²) in [5.41, 5.74) is 1.44. The summed E-state index contributed by atoms with van der Waals surface area (Å²) < 4.78 is 64.4. The zero-order valence-electron chi connectivity index (χ0n) is 24.0. The van der Waals surface area contributed by atoms with Gasteiger partial charge in [-0.25, -0.2) is 8.57 Å². The van der Waals surface area contributed by atoms with Crippen molar-refractivity contribution in [2.24, 2.45) is 0 Å². The SMILES string of the molecule is CC(C)[Si](OCC1OC(OS(C)(=O)=O)C(F)(Cl)C1O[Si](C(C)C)(C(C)C)C(C)C)(C(C)C)C(C)C. The van der Waals surface area contributed by atoms with Crippen LogP contribution in [0.4, 0.5) is 4.39 Å². The number of alkyl halides is 2. The van der Waals surface area contributed by atoms with E-state index >= 15 is 4.39 Å². The summed E-state index contributed by atoms with van der Waals surface area (Å²) in [4.78, 5) is 0. The Morgan fingerprint density at radius 3 is 1.51 bits per heavy atom. The van der Waals surface area contributed by atoms with Crippen LogP contribution >= 0.6 is 11.6 Å². The Kier molecular flexibility index (Phi) is 11.6. The predicted molar refractivity (Wildman–Crippen MR) is 147 cm³/mol. The highest BCUT2D eigenvalue weighted by Crippen LogP contribution is 2.50. The van der Waals surface area contributed by atoms with E-state index in [1.54, 1.807) is 0 Å². The monoisotopic (exact) mass is 576 g/mol. The van der Waals surface area contributed by atoms with Gasteiger partial charge < -0.3 is 13.6 Å². The minimum absolute atomic E-state index is 0.0617. The van der Waals surface area contributed by atoms with Gasteiger partial charge in [-0.2, -0.15) is 8.42 Å². The zero-order valence-corrected chi connectivity index (χ0v) is 27.6. The van der Waals surface area contributed by atoms with E-state index in [0.29, 0.717) is 16.6 Å². The fraction of sp³-hybridized carbons (Fsp3) is 1.00. The third-order valence-corrected chi connectivity index (χ3v) is 20.9. The van der Waals surface area contributed by atoms with Gasteiger partial charge in [0.25, 0.3) is 15.2 Å². The van der Waals surface area contributed by atoms with E-state index in [2.05, 4.69) is 83.1 Å². The molecule has 0 saturated carbocycles. The summed E-state index contributed by atoms with van der Waals surface area (Å²) in [6.07, 6.45) is -3.10. The lowest BCUT2D eigenvalue weighted by atomic mass is 10.1. The van der Waals surface area contributed by atoms with Crippen LogP contribution in [0.5, 0.6) is 0 Å². The van der Waals surface area contributed by atoms with Crippen molar-refractivity contribution in [3.8, 4) is 0 Å². The first-order chi connectivity index (χ1) is 15.7. The Hall–Kier alpha value is 0.444. The van der Waals surface area contributed by atoms with Crippen molar-refractivity contribution in [2.75, 3.05) is 12.9 Å². The maximum absolute atomic E-state index is 16.2. The van der Waals surface area contributed by atoms with Gasteiger partial charge in [0.2, 0.25) is 14.6 Å². The highest BCUT2D eigenvalue weighted by Gasteiger charge is 2.63. The fourth-order valence-corrected chi connectivity index (χ4v) is 18.5. The molecule has 1 aliphatic heterocycles. The lowest BCUT2D eigenvalue weighted by molar-refractivity contribution is -0.107. The first-order valence-corrected chi connectivity index (χ1v) is 19.4. The van der Waals surface area contributed by atoms with Crippen molar-refractivity contribution >= 4 is 38.4 Å². The normalized spacial score (nSPS) is 26.9. The van der Waals surface area contributed by atoms with Gasteiger partial charge in [0, 0.05) is 0 Å². The Morgan fingerprint density at radius 2 is 1.20 bits per heavy atom. The highest BCUT2D eigenvalue weighted by atomic mass is 35.5. The first-order valence-electron chi connectivity index (χ1n) is 12.9. The standard InChI is InChI=1S/C24H50ClFO6SSi2/c1-15(2)34(16(3)4,17(5)6)29-14-21-22(24(25,26)23(30-21)31-33(13,27)28)32-35(18(7)8,19(9)10)20(11)12/h15-23H,14H2,1-13H3. The molecule has 1 fully saturated rings. The Labute approximate surface area is 221 Å². The minimum Gasteiger partial charge on any atom is -0.413 e. The summed E-state index contributed by atoms with van der Waals surface area (Å²) in [5.74, 6) is 0. The summed E-state index contributed by atoms with van der Waals surface area (Å²) in [7, 11) is -8.95. The first kappa shape index (κ1) is 33.5. The maximum Gasteiger partial charge on any atom is 0.267 e. The maximum atomic E-state index is 16.2. The molecule has 210 valence electrons. The molecule has 0 amide bonds. The van der Waals surface area contributed by atoms with Crippen LogP contribution < -0.4 is 0 Å². The quantitative estimate of drug-likeness (QED) is 0.130. The molecule has 1 heterocycles. The molecule has 0 aromatic carbocycles. The molecule has 0 aliphatic carbocycles. The van der Waals surface area contributed by atoms with Crippen molar-refractivity contribution in [2.45, 2.75) is 140 Å². The van der Waals surface area contributed by atoms with Crippen LogP contribution in [0.2, 0.25) is 33.2 Å². The number of hydrogen-bond acceptors (Lipinski definition) is 6. The molecular weight excluding hydrogens is 527 g/mol. The van der Waals surface area contributed by atoms with Gasteiger partial charge in [0.15, 0.2) is 8.32 Å². The van der Waals surface area contributed by atoms with Gasteiger partial charge in [0.1, 0.15) is 12.2 Å². The number of ether oxygens (including phenoxy) is 1. The second kappa shape index (κ2) is 12.1. The van der Waals surface area contributed by atoms with Crippen LogP contribution in [0.1, 0.15) is 83.1 Å². The van der Waals surface area contributed by atoms with Gasteiger partial charge in [-0.1, -0.05) is 94.7 Å². The molecule has 0 aromatic heterocycles. The van der Waals surface area contributed by atoms with Crippen molar-refractivity contribution in [3.05, 3.63) is 0 Å². The lowest BCUT2D eigenvalue weighted by Crippen LogP contribution is -2.57. The topological polar surface area (TPSA) is 71.1 Å². The van der Waals surface area contributed by atoms with Gasteiger partial charge in [-0.05, 0) is 33.2 Å². The highest BCUT2D eigenvalue weighted by molar-refractivity contribution is 7.86. The summed E-state index contributed by atoms with van der Waals surface area (Å²) >= 11 is 6.43. The molecule has 4 unspecified atom stereocenters. The van der Waals surface area contributed by atoms with Gasteiger partial charge in [0.05, 0.1) is 12.9 Å². The number of rotatable bonds is 13. The Bertz CT molecular complexity index is 745. The molecule has 4 atom stereocenters. The summed E-state index contributed by atoms with van der Waals surface area (Å²) in [6, 6.07) is 0. The molecule has 6 nitrogen and oxygen atoms in total. The molecule has 0 bridgehead atoms. The van der Waals surface area contributed by atoms with E-state index in [1.807, 2.05) is 0 Å². The lowest BCUT2D eigenvalue weighted by Gasteiger charge is -2.46. The predicted octanol–water partition coefficient (Wildman–Crippen LogP) is 7.34. The average Bonchev–Trinajstić information content (AvgIpc) is 2.86. The molecule has 1 aliphatic rings.